The van der Waals surface area contributed by atoms with Crippen LogP contribution in [0.4, 0.5) is 0 Å². The third kappa shape index (κ3) is 4.07. The molecule has 0 radical (unpaired) electrons. The van der Waals surface area contributed by atoms with E-state index in [0.717, 1.165) is 17.1 Å². The van der Waals surface area contributed by atoms with Crippen molar-refractivity contribution in [1.29, 1.82) is 0 Å². The highest BCUT2D eigenvalue weighted by atomic mass is 32.2. The molecular weight excluding hydrogens is 284 g/mol. The van der Waals surface area contributed by atoms with E-state index in [1.807, 2.05) is 17.5 Å². The predicted octanol–water partition coefficient (Wildman–Crippen LogP) is 2.94. The highest BCUT2D eigenvalue weighted by Crippen LogP contribution is 2.21. The van der Waals surface area contributed by atoms with Crippen molar-refractivity contribution in [3.8, 4) is 10.7 Å². The van der Waals surface area contributed by atoms with E-state index in [1.54, 1.807) is 18.3 Å². The molecule has 2 rings (SSSR count). The summed E-state index contributed by atoms with van der Waals surface area (Å²) in [4.78, 5) is 15.9. The highest BCUT2D eigenvalue weighted by molar-refractivity contribution is 8.00. The molecule has 2 heterocycles. The van der Waals surface area contributed by atoms with Gasteiger partial charge in [0.15, 0.2) is 0 Å². The van der Waals surface area contributed by atoms with Crippen LogP contribution in [0.2, 0.25) is 0 Å². The first-order valence-corrected chi connectivity index (χ1v) is 7.80. The van der Waals surface area contributed by atoms with Crippen molar-refractivity contribution >= 4 is 29.1 Å². The first-order valence-electron chi connectivity index (χ1n) is 5.87. The van der Waals surface area contributed by atoms with Crippen LogP contribution in [0.15, 0.2) is 22.0 Å². The minimum Gasteiger partial charge on any atom is -0.480 e. The second kappa shape index (κ2) is 6.72. The number of thioether (sulfide) groups is 1. The Hall–Kier alpha value is -1.34. The van der Waals surface area contributed by atoms with Crippen molar-refractivity contribution in [2.45, 2.75) is 25.0 Å². The van der Waals surface area contributed by atoms with E-state index in [4.69, 9.17) is 9.63 Å². The average molecular weight is 298 g/mol. The molecular formula is C12H14N2O3S2. The number of aromatic nitrogens is 2. The lowest BCUT2D eigenvalue weighted by Gasteiger charge is -2.03. The van der Waals surface area contributed by atoms with Crippen molar-refractivity contribution < 1.29 is 14.4 Å². The Morgan fingerprint density at radius 2 is 2.47 bits per heavy atom. The first-order chi connectivity index (χ1) is 9.16. The van der Waals surface area contributed by atoms with Crippen LogP contribution in [0, 0.1) is 0 Å². The van der Waals surface area contributed by atoms with Crippen molar-refractivity contribution in [1.82, 2.24) is 10.1 Å². The fourth-order valence-electron chi connectivity index (χ4n) is 1.42. The number of rotatable bonds is 7. The number of carbonyl (C=O) groups is 1. The fourth-order valence-corrected chi connectivity index (χ4v) is 2.87. The van der Waals surface area contributed by atoms with E-state index < -0.39 is 5.97 Å². The van der Waals surface area contributed by atoms with Gasteiger partial charge >= 0.3 is 5.97 Å². The fraction of sp³-hybridized carbons (Fsp3) is 0.417. The number of hydrogen-bond donors (Lipinski definition) is 1. The largest absolute Gasteiger partial charge is 0.480 e. The van der Waals surface area contributed by atoms with Gasteiger partial charge in [-0.1, -0.05) is 11.2 Å². The van der Waals surface area contributed by atoms with Gasteiger partial charge in [0.05, 0.1) is 10.1 Å². The lowest BCUT2D eigenvalue weighted by atomic mass is 10.3. The summed E-state index contributed by atoms with van der Waals surface area (Å²) in [5, 5.41) is 14.3. The molecule has 102 valence electrons. The zero-order valence-electron chi connectivity index (χ0n) is 10.4. The molecule has 0 saturated heterocycles. The molecule has 0 saturated carbocycles. The SMILES string of the molecule is CC(SCCCc1nc(-c2cccs2)no1)C(=O)O. The molecule has 0 bridgehead atoms. The first kappa shape index (κ1) is 14.1. The maximum atomic E-state index is 10.6. The Balaban J connectivity index is 1.77. The molecule has 2 aromatic heterocycles. The van der Waals surface area contributed by atoms with Crippen LogP contribution in [0.1, 0.15) is 19.2 Å². The summed E-state index contributed by atoms with van der Waals surface area (Å²) in [6.45, 7) is 1.69. The van der Waals surface area contributed by atoms with Gasteiger partial charge in [0, 0.05) is 6.42 Å². The molecule has 0 spiro atoms. The second-order valence-corrected chi connectivity index (χ2v) is 6.34. The summed E-state index contributed by atoms with van der Waals surface area (Å²) in [5.74, 6) is 1.22. The number of nitrogens with zero attached hydrogens (tertiary/aromatic N) is 2. The maximum Gasteiger partial charge on any atom is 0.316 e. The third-order valence-corrected chi connectivity index (χ3v) is 4.55. The Labute approximate surface area is 119 Å². The minimum absolute atomic E-state index is 0.371. The van der Waals surface area contributed by atoms with E-state index >= 15 is 0 Å². The van der Waals surface area contributed by atoms with Crippen LogP contribution in [0.3, 0.4) is 0 Å². The Kier molecular flexibility index (Phi) is 4.98. The van der Waals surface area contributed by atoms with Gasteiger partial charge in [0.2, 0.25) is 11.7 Å². The molecule has 0 fully saturated rings. The summed E-state index contributed by atoms with van der Waals surface area (Å²) in [5.41, 5.74) is 0. The van der Waals surface area contributed by atoms with Gasteiger partial charge < -0.3 is 9.63 Å². The van der Waals surface area contributed by atoms with Gasteiger partial charge in [-0.05, 0) is 30.5 Å². The Morgan fingerprint density at radius 1 is 1.63 bits per heavy atom. The molecule has 0 aromatic carbocycles. The summed E-state index contributed by atoms with van der Waals surface area (Å²) >= 11 is 2.99. The van der Waals surface area contributed by atoms with E-state index in [1.165, 1.54) is 11.8 Å². The monoisotopic (exact) mass is 298 g/mol. The van der Waals surface area contributed by atoms with E-state index in [2.05, 4.69) is 10.1 Å². The number of thiophene rings is 1. The highest BCUT2D eigenvalue weighted by Gasteiger charge is 2.12. The van der Waals surface area contributed by atoms with Gasteiger partial charge in [-0.2, -0.15) is 4.98 Å². The van der Waals surface area contributed by atoms with Crippen LogP contribution in [0.25, 0.3) is 10.7 Å². The molecule has 7 heteroatoms. The van der Waals surface area contributed by atoms with Crippen molar-refractivity contribution in [2.75, 3.05) is 5.75 Å². The molecule has 19 heavy (non-hydrogen) atoms. The van der Waals surface area contributed by atoms with Crippen molar-refractivity contribution in [2.24, 2.45) is 0 Å². The smallest absolute Gasteiger partial charge is 0.316 e. The molecule has 2 aromatic rings. The number of carboxylic acid groups (broad SMARTS) is 1. The summed E-state index contributed by atoms with van der Waals surface area (Å²) in [6.07, 6.45) is 1.51. The quantitative estimate of drug-likeness (QED) is 0.792. The summed E-state index contributed by atoms with van der Waals surface area (Å²) in [7, 11) is 0. The van der Waals surface area contributed by atoms with Crippen molar-refractivity contribution in [3.05, 3.63) is 23.4 Å². The van der Waals surface area contributed by atoms with Crippen LogP contribution in [-0.4, -0.2) is 32.2 Å². The Morgan fingerprint density at radius 3 is 3.16 bits per heavy atom. The van der Waals surface area contributed by atoms with Crippen LogP contribution >= 0.6 is 23.1 Å². The number of carboxylic acids is 1. The molecule has 1 atom stereocenters. The van der Waals surface area contributed by atoms with Gasteiger partial charge in [-0.25, -0.2) is 0 Å². The summed E-state index contributed by atoms with van der Waals surface area (Å²) < 4.78 is 5.16. The molecule has 0 aliphatic carbocycles. The maximum absolute atomic E-state index is 10.6. The normalized spacial score (nSPS) is 12.5. The second-order valence-electron chi connectivity index (χ2n) is 3.94. The molecule has 0 amide bonds. The number of aryl methyl sites for hydroxylation is 1. The number of hydrogen-bond acceptors (Lipinski definition) is 6. The van der Waals surface area contributed by atoms with E-state index in [0.29, 0.717) is 18.1 Å². The van der Waals surface area contributed by atoms with Gasteiger partial charge in [0.1, 0.15) is 0 Å². The standard InChI is InChI=1S/C12H14N2O3S2/c1-8(12(15)16)18-6-3-5-10-13-11(14-17-10)9-4-2-7-19-9/h2,4,7-8H,3,5-6H2,1H3,(H,15,16). The van der Waals surface area contributed by atoms with Crippen LogP contribution in [0.5, 0.6) is 0 Å². The summed E-state index contributed by atoms with van der Waals surface area (Å²) in [6, 6.07) is 3.89. The van der Waals surface area contributed by atoms with Gasteiger partial charge in [-0.3, -0.25) is 4.79 Å². The molecule has 0 aliphatic rings. The topological polar surface area (TPSA) is 76.2 Å². The molecule has 1 N–H and O–H groups in total. The lowest BCUT2D eigenvalue weighted by molar-refractivity contribution is -0.136. The number of aliphatic carboxylic acids is 1. The lowest BCUT2D eigenvalue weighted by Crippen LogP contribution is -2.12. The van der Waals surface area contributed by atoms with E-state index in [9.17, 15) is 4.79 Å². The van der Waals surface area contributed by atoms with Gasteiger partial charge in [0.25, 0.3) is 0 Å². The molecule has 1 unspecified atom stereocenters. The van der Waals surface area contributed by atoms with Crippen molar-refractivity contribution in [3.63, 3.8) is 0 Å². The molecule has 5 nitrogen and oxygen atoms in total. The Bertz CT molecular complexity index is 525. The zero-order chi connectivity index (χ0) is 13.7. The van der Waals surface area contributed by atoms with Crippen LogP contribution < -0.4 is 0 Å². The van der Waals surface area contributed by atoms with E-state index in [-0.39, 0.29) is 5.25 Å². The zero-order valence-corrected chi connectivity index (χ0v) is 12.0. The molecule has 0 aliphatic heterocycles. The van der Waals surface area contributed by atoms with Crippen LogP contribution in [-0.2, 0) is 11.2 Å². The van der Waals surface area contributed by atoms with Gasteiger partial charge in [-0.15, -0.1) is 23.1 Å². The predicted molar refractivity (Wildman–Crippen MR) is 75.5 cm³/mol. The average Bonchev–Trinajstić information content (AvgIpc) is 3.04. The minimum atomic E-state index is -0.775. The third-order valence-electron chi connectivity index (χ3n) is 2.46.